The minimum atomic E-state index is 0.794. The number of hydrogen-bond acceptors (Lipinski definition) is 1. The van der Waals surface area contributed by atoms with Gasteiger partial charge < -0.3 is 0 Å². The van der Waals surface area contributed by atoms with E-state index < -0.39 is 0 Å². The zero-order chi connectivity index (χ0) is 7.72. The van der Waals surface area contributed by atoms with E-state index in [-0.39, 0.29) is 0 Å². The highest BCUT2D eigenvalue weighted by Gasteiger charge is 2.16. The average molecular weight is 136 g/mol. The Morgan fingerprint density at radius 3 is 2.30 bits per heavy atom. The highest BCUT2D eigenvalue weighted by molar-refractivity contribution is 5.53. The van der Waals surface area contributed by atoms with E-state index >= 15 is 0 Å². The topological polar surface area (TPSA) is 22.2 Å². The Kier molecular flexibility index (Phi) is 1.46. The van der Waals surface area contributed by atoms with Crippen molar-refractivity contribution in [1.82, 2.24) is 9.78 Å². The van der Waals surface area contributed by atoms with Crippen molar-refractivity contribution in [2.75, 3.05) is 0 Å². The van der Waals surface area contributed by atoms with E-state index in [4.69, 9.17) is 6.57 Å². The van der Waals surface area contributed by atoms with Crippen LogP contribution in [0.5, 0.6) is 0 Å². The summed E-state index contributed by atoms with van der Waals surface area (Å²) in [5.41, 5.74) is 2.67. The molecule has 0 atom stereocenters. The maximum absolute atomic E-state index is 5.14. The van der Waals surface area contributed by atoms with Crippen molar-refractivity contribution in [3.05, 3.63) is 16.2 Å². The lowest BCUT2D eigenvalue weighted by Crippen LogP contribution is -1.91. The van der Waals surface area contributed by atoms with Crippen molar-refractivity contribution >= 4 is 5.69 Å². The van der Waals surface area contributed by atoms with Gasteiger partial charge in [0.2, 0.25) is 0 Å². The Morgan fingerprint density at radius 2 is 2.10 bits per heavy atom. The summed E-state index contributed by atoms with van der Waals surface area (Å²) < 4.78 is 1.76. The van der Waals surface area contributed by atoms with Crippen LogP contribution in [0.15, 0.2) is 0 Å². The van der Waals surface area contributed by atoms with Gasteiger partial charge in [-0.2, -0.15) is 5.10 Å². The summed E-state index contributed by atoms with van der Waals surface area (Å²) in [7, 11) is 1.87. The fraction of sp³-hybridized carbons (Fsp3) is 0.429. The highest BCUT2D eigenvalue weighted by atomic mass is 15.3. The third-order valence-corrected chi connectivity index (χ3v) is 1.60. The van der Waals surface area contributed by atoms with E-state index in [1.54, 1.807) is 4.68 Å². The van der Waals surface area contributed by atoms with Gasteiger partial charge in [0.15, 0.2) is 5.69 Å². The zero-order valence-corrected chi connectivity index (χ0v) is 6.42. The van der Waals surface area contributed by atoms with Crippen LogP contribution in [0.1, 0.15) is 11.4 Å². The summed E-state index contributed by atoms with van der Waals surface area (Å²) in [4.78, 5) is 3.61. The van der Waals surface area contributed by atoms with Gasteiger partial charge >= 0.3 is 5.69 Å². The molecule has 0 amide bonds. The molecular formula is C7H10N3+. The van der Waals surface area contributed by atoms with Crippen molar-refractivity contribution in [3.8, 4) is 6.57 Å². The molecule has 0 aromatic carbocycles. The summed E-state index contributed by atoms with van der Waals surface area (Å²) in [5, 5.41) is 4.12. The van der Waals surface area contributed by atoms with Gasteiger partial charge in [-0.15, -0.1) is 0 Å². The van der Waals surface area contributed by atoms with Crippen LogP contribution >= 0.6 is 0 Å². The minimum absolute atomic E-state index is 0.794. The molecule has 0 aliphatic rings. The smallest absolute Gasteiger partial charge is 0.264 e. The molecule has 0 aliphatic carbocycles. The second kappa shape index (κ2) is 2.14. The first-order valence-corrected chi connectivity index (χ1v) is 3.08. The number of aromatic nitrogens is 2. The molecule has 10 heavy (non-hydrogen) atoms. The Labute approximate surface area is 60.1 Å². The van der Waals surface area contributed by atoms with Crippen LogP contribution in [-0.4, -0.2) is 9.78 Å². The van der Waals surface area contributed by atoms with Gasteiger partial charge in [0.05, 0.1) is 0 Å². The zero-order valence-electron chi connectivity index (χ0n) is 6.42. The third-order valence-electron chi connectivity index (χ3n) is 1.60. The van der Waals surface area contributed by atoms with Crippen molar-refractivity contribution in [2.24, 2.45) is 7.05 Å². The largest absolute Gasteiger partial charge is 0.383 e. The molecule has 0 radical (unpaired) electrons. The van der Waals surface area contributed by atoms with Crippen molar-refractivity contribution in [2.45, 2.75) is 13.8 Å². The molecule has 3 nitrogen and oxygen atoms in total. The first kappa shape index (κ1) is 6.81. The molecule has 0 N–H and O–H groups in total. The molecule has 0 aliphatic heterocycles. The molecular weight excluding hydrogens is 126 g/mol. The van der Waals surface area contributed by atoms with E-state index in [0.717, 1.165) is 17.1 Å². The standard InChI is InChI=1S/C7H10N3/c1-5-7(8-3)6(2)10(4)9-5/h3H,1-2,4H3/q+1. The van der Waals surface area contributed by atoms with Crippen LogP contribution in [0.2, 0.25) is 0 Å². The summed E-state index contributed by atoms with van der Waals surface area (Å²) in [6.07, 6.45) is 0. The Morgan fingerprint density at radius 1 is 1.50 bits per heavy atom. The molecule has 1 aromatic heterocycles. The van der Waals surface area contributed by atoms with E-state index in [1.807, 2.05) is 20.9 Å². The SMILES string of the molecule is C#[N+]c1c(C)nn(C)c1C. The molecule has 1 heterocycles. The fourth-order valence-electron chi connectivity index (χ4n) is 0.949. The quantitative estimate of drug-likeness (QED) is 0.531. The van der Waals surface area contributed by atoms with Gasteiger partial charge in [0.25, 0.3) is 6.57 Å². The van der Waals surface area contributed by atoms with E-state index in [0.29, 0.717) is 0 Å². The normalized spacial score (nSPS) is 9.40. The van der Waals surface area contributed by atoms with Crippen LogP contribution in [0.25, 0.3) is 4.85 Å². The molecule has 0 saturated carbocycles. The van der Waals surface area contributed by atoms with Crippen LogP contribution in [0, 0.1) is 20.4 Å². The minimum Gasteiger partial charge on any atom is -0.264 e. The average Bonchev–Trinajstić information content (AvgIpc) is 2.09. The summed E-state index contributed by atoms with van der Waals surface area (Å²) in [6, 6.07) is 0. The van der Waals surface area contributed by atoms with Crippen LogP contribution in [-0.2, 0) is 7.05 Å². The number of hydrogen-bond donors (Lipinski definition) is 0. The second-order valence-electron chi connectivity index (χ2n) is 2.27. The first-order chi connectivity index (χ1) is 4.66. The molecule has 1 aromatic rings. The molecule has 3 heteroatoms. The predicted octanol–water partition coefficient (Wildman–Crippen LogP) is 1.63. The number of aryl methyl sites for hydroxylation is 2. The monoisotopic (exact) mass is 136 g/mol. The molecule has 0 fully saturated rings. The number of rotatable bonds is 0. The Balaban J connectivity index is 3.37. The maximum Gasteiger partial charge on any atom is 0.383 e. The molecule has 0 unspecified atom stereocenters. The van der Waals surface area contributed by atoms with Gasteiger partial charge in [-0.05, 0) is 18.7 Å². The van der Waals surface area contributed by atoms with Crippen molar-refractivity contribution < 1.29 is 0 Å². The summed E-state index contributed by atoms with van der Waals surface area (Å²) >= 11 is 0. The van der Waals surface area contributed by atoms with Crippen LogP contribution < -0.4 is 0 Å². The maximum atomic E-state index is 5.14. The summed E-state index contributed by atoms with van der Waals surface area (Å²) in [6.45, 7) is 8.96. The molecule has 1 rings (SSSR count). The van der Waals surface area contributed by atoms with E-state index in [9.17, 15) is 0 Å². The van der Waals surface area contributed by atoms with Crippen molar-refractivity contribution in [3.63, 3.8) is 0 Å². The Hall–Kier alpha value is -1.30. The number of nitrogens with zero attached hydrogens (tertiary/aromatic N) is 3. The van der Waals surface area contributed by atoms with Gasteiger partial charge in [-0.25, -0.2) is 0 Å². The highest BCUT2D eigenvalue weighted by Crippen LogP contribution is 2.20. The van der Waals surface area contributed by atoms with Crippen molar-refractivity contribution in [1.29, 1.82) is 0 Å². The van der Waals surface area contributed by atoms with E-state index in [2.05, 4.69) is 9.94 Å². The molecule has 52 valence electrons. The van der Waals surface area contributed by atoms with Crippen LogP contribution in [0.3, 0.4) is 0 Å². The molecule has 0 spiro atoms. The first-order valence-electron chi connectivity index (χ1n) is 3.08. The predicted molar refractivity (Wildman–Crippen MR) is 40.6 cm³/mol. The van der Waals surface area contributed by atoms with Crippen LogP contribution in [0.4, 0.5) is 5.69 Å². The third kappa shape index (κ3) is 0.781. The lowest BCUT2D eigenvalue weighted by atomic mass is 10.3. The summed E-state index contributed by atoms with van der Waals surface area (Å²) in [5.74, 6) is 0. The van der Waals surface area contributed by atoms with Gasteiger partial charge in [-0.3, -0.25) is 4.68 Å². The van der Waals surface area contributed by atoms with E-state index in [1.165, 1.54) is 0 Å². The van der Waals surface area contributed by atoms with Gasteiger partial charge in [-0.1, -0.05) is 0 Å². The van der Waals surface area contributed by atoms with Gasteiger partial charge in [0, 0.05) is 7.05 Å². The molecule has 0 bridgehead atoms. The molecule has 0 saturated heterocycles. The second-order valence-corrected chi connectivity index (χ2v) is 2.27. The lowest BCUT2D eigenvalue weighted by molar-refractivity contribution is 0.731. The van der Waals surface area contributed by atoms with Gasteiger partial charge in [0.1, 0.15) is 5.69 Å². The Bertz CT molecular complexity index is 291. The lowest BCUT2D eigenvalue weighted by Gasteiger charge is -1.85. The fourth-order valence-corrected chi connectivity index (χ4v) is 0.949.